The molecule has 4 N–H and O–H groups in total. The molecule has 2 aliphatic heterocycles. The zero-order valence-corrected chi connectivity index (χ0v) is 22.4. The maximum Gasteiger partial charge on any atom is 0.296 e. The molecule has 3 aliphatic rings. The zero-order chi connectivity index (χ0) is 27.8. The number of pyridine rings is 1. The Morgan fingerprint density at radius 3 is 2.95 bits per heavy atom. The molecule has 14 heteroatoms. The number of aromatic amines is 1. The van der Waals surface area contributed by atoms with Gasteiger partial charge >= 0.3 is 0 Å². The second-order valence-corrected chi connectivity index (χ2v) is 10.3. The molecule has 2 aromatic heterocycles. The van der Waals surface area contributed by atoms with Gasteiger partial charge in [-0.2, -0.15) is 4.98 Å². The van der Waals surface area contributed by atoms with Gasteiger partial charge in [-0.15, -0.1) is 0 Å². The molecule has 12 nitrogen and oxygen atoms in total. The summed E-state index contributed by atoms with van der Waals surface area (Å²) in [6.45, 7) is 0.934. The molecule has 40 heavy (non-hydrogen) atoms. The van der Waals surface area contributed by atoms with Gasteiger partial charge in [0, 0.05) is 18.7 Å². The van der Waals surface area contributed by atoms with Crippen molar-refractivity contribution in [3.8, 4) is 11.8 Å². The third kappa shape index (κ3) is 5.39. The van der Waals surface area contributed by atoms with Gasteiger partial charge in [-0.3, -0.25) is 4.79 Å². The number of nitrogens with zero attached hydrogens (tertiary/aromatic N) is 2. The number of nitrogens with one attached hydrogen (secondary N) is 3. The summed E-state index contributed by atoms with van der Waals surface area (Å²) in [5.41, 5.74) is 2.33. The number of rotatable bonds is 10. The Labute approximate surface area is 233 Å². The molecule has 214 valence electrons. The fourth-order valence-electron chi connectivity index (χ4n) is 5.36. The first-order valence-electron chi connectivity index (χ1n) is 13.0. The van der Waals surface area contributed by atoms with Gasteiger partial charge in [0.05, 0.1) is 36.3 Å². The quantitative estimate of drug-likeness (QED) is 0.263. The molecule has 0 spiro atoms. The number of fused-ring (bicyclic) bond motifs is 3. The molecular formula is C26H29ClFN5O7. The van der Waals surface area contributed by atoms with E-state index in [-0.39, 0.29) is 57.0 Å². The van der Waals surface area contributed by atoms with E-state index in [1.807, 2.05) is 6.07 Å². The average Bonchev–Trinajstić information content (AvgIpc) is 3.69. The summed E-state index contributed by atoms with van der Waals surface area (Å²) in [6.07, 6.45) is -0.588. The minimum absolute atomic E-state index is 0.0271. The third-order valence-corrected chi connectivity index (χ3v) is 7.46. The van der Waals surface area contributed by atoms with Crippen molar-refractivity contribution >= 4 is 34.5 Å². The molecular weight excluding hydrogens is 549 g/mol. The van der Waals surface area contributed by atoms with Crippen LogP contribution in [0.4, 0.5) is 10.2 Å². The molecule has 1 aromatic carbocycles. The smallest absolute Gasteiger partial charge is 0.296 e. The van der Waals surface area contributed by atoms with Crippen molar-refractivity contribution in [2.75, 3.05) is 45.4 Å². The van der Waals surface area contributed by atoms with E-state index in [1.54, 1.807) is 6.07 Å². The summed E-state index contributed by atoms with van der Waals surface area (Å²) in [5, 5.41) is 16.2. The molecule has 0 saturated carbocycles. The Balaban J connectivity index is 1.11. The number of amides is 1. The van der Waals surface area contributed by atoms with Crippen molar-refractivity contribution in [2.45, 2.75) is 43.3 Å². The van der Waals surface area contributed by atoms with E-state index >= 15 is 4.39 Å². The summed E-state index contributed by atoms with van der Waals surface area (Å²) >= 11 is 6.52. The summed E-state index contributed by atoms with van der Waals surface area (Å²) in [6, 6.07) is 4.74. The van der Waals surface area contributed by atoms with Crippen molar-refractivity contribution < 1.29 is 38.0 Å². The van der Waals surface area contributed by atoms with E-state index < -0.39 is 24.1 Å². The summed E-state index contributed by atoms with van der Waals surface area (Å²) < 4.78 is 42.7. The Morgan fingerprint density at radius 1 is 1.25 bits per heavy atom. The Morgan fingerprint density at radius 2 is 2.10 bits per heavy atom. The van der Waals surface area contributed by atoms with Gasteiger partial charge in [-0.1, -0.05) is 11.6 Å². The van der Waals surface area contributed by atoms with E-state index in [0.29, 0.717) is 46.2 Å². The molecule has 1 unspecified atom stereocenters. The lowest BCUT2D eigenvalue weighted by Gasteiger charge is -2.17. The van der Waals surface area contributed by atoms with Gasteiger partial charge < -0.3 is 44.4 Å². The molecule has 2 saturated heterocycles. The molecule has 3 aromatic rings. The normalized spacial score (nSPS) is 25.1. The molecule has 5 atom stereocenters. The number of aliphatic hydroxyl groups is 1. The predicted octanol–water partition coefficient (Wildman–Crippen LogP) is 1.90. The highest BCUT2D eigenvalue weighted by Gasteiger charge is 2.48. The second kappa shape index (κ2) is 11.3. The summed E-state index contributed by atoms with van der Waals surface area (Å²) in [7, 11) is 1.44. The van der Waals surface area contributed by atoms with Crippen LogP contribution >= 0.6 is 11.6 Å². The van der Waals surface area contributed by atoms with Crippen LogP contribution in [-0.2, 0) is 25.4 Å². The number of benzene rings is 1. The Kier molecular flexibility index (Phi) is 7.64. The number of imidazole rings is 1. The largest absolute Gasteiger partial charge is 0.492 e. The third-order valence-electron chi connectivity index (χ3n) is 7.17. The number of ether oxygens (including phenoxy) is 5. The van der Waals surface area contributed by atoms with Crippen molar-refractivity contribution in [1.82, 2.24) is 20.3 Å². The van der Waals surface area contributed by atoms with Crippen molar-refractivity contribution in [1.29, 1.82) is 0 Å². The van der Waals surface area contributed by atoms with Crippen LogP contribution in [-0.4, -0.2) is 90.5 Å². The van der Waals surface area contributed by atoms with Crippen LogP contribution in [0.2, 0.25) is 5.02 Å². The number of H-pyrrole nitrogens is 1. The number of methoxy groups -OCH3 is 1. The molecule has 0 radical (unpaired) electrons. The SMILES string of the molecule is COCC(=O)NCCOc1cc(F)c2c(c1)CCC2Nc1nc2nc(O[C@@H]3CO[C@H]4[C@@H]3OC[C@H]4O)[nH]c2cc1Cl. The number of halogens is 2. The molecule has 0 bridgehead atoms. The number of hydrogen-bond acceptors (Lipinski definition) is 10. The van der Waals surface area contributed by atoms with E-state index in [1.165, 1.54) is 13.2 Å². The first-order chi connectivity index (χ1) is 19.4. The lowest BCUT2D eigenvalue weighted by Crippen LogP contribution is -2.34. The molecule has 4 heterocycles. The van der Waals surface area contributed by atoms with Gasteiger partial charge in [-0.05, 0) is 30.5 Å². The van der Waals surface area contributed by atoms with E-state index in [0.717, 1.165) is 5.56 Å². The van der Waals surface area contributed by atoms with Gasteiger partial charge in [0.15, 0.2) is 11.8 Å². The molecule has 1 aliphatic carbocycles. The zero-order valence-electron chi connectivity index (χ0n) is 21.6. The fourth-order valence-corrected chi connectivity index (χ4v) is 5.57. The van der Waals surface area contributed by atoms with E-state index in [2.05, 4.69) is 25.6 Å². The van der Waals surface area contributed by atoms with Gasteiger partial charge in [0.25, 0.3) is 6.01 Å². The fraction of sp³-hybridized carbons (Fsp3) is 0.500. The number of carbonyl (C=O) groups excluding carboxylic acids is 1. The van der Waals surface area contributed by atoms with E-state index in [9.17, 15) is 9.90 Å². The van der Waals surface area contributed by atoms with Crippen LogP contribution in [0.25, 0.3) is 11.2 Å². The minimum Gasteiger partial charge on any atom is -0.492 e. The van der Waals surface area contributed by atoms with E-state index in [4.69, 9.17) is 35.3 Å². The van der Waals surface area contributed by atoms with Crippen LogP contribution < -0.4 is 20.1 Å². The van der Waals surface area contributed by atoms with Crippen LogP contribution in [0, 0.1) is 5.82 Å². The van der Waals surface area contributed by atoms with Crippen molar-refractivity contribution in [3.63, 3.8) is 0 Å². The summed E-state index contributed by atoms with van der Waals surface area (Å²) in [4.78, 5) is 23.5. The maximum atomic E-state index is 15.2. The Hall–Kier alpha value is -3.23. The van der Waals surface area contributed by atoms with Crippen molar-refractivity contribution in [2.24, 2.45) is 0 Å². The summed E-state index contributed by atoms with van der Waals surface area (Å²) in [5.74, 6) is 0.138. The second-order valence-electron chi connectivity index (χ2n) is 9.90. The Bertz CT molecular complexity index is 1410. The molecule has 6 rings (SSSR count). The predicted molar refractivity (Wildman–Crippen MR) is 140 cm³/mol. The highest BCUT2D eigenvalue weighted by molar-refractivity contribution is 6.33. The van der Waals surface area contributed by atoms with Gasteiger partial charge in [0.1, 0.15) is 48.9 Å². The number of aromatic nitrogens is 3. The van der Waals surface area contributed by atoms with Gasteiger partial charge in [-0.25, -0.2) is 9.37 Å². The van der Waals surface area contributed by atoms with Gasteiger partial charge in [0.2, 0.25) is 5.91 Å². The van der Waals surface area contributed by atoms with Crippen LogP contribution in [0.3, 0.4) is 0 Å². The standard InChI is InChI=1S/C26H29ClFN5O7/c1-36-11-20(35)29-4-5-37-13-6-12-2-3-16(21(12)15(28)7-13)30-24-14(27)8-17-25(32-24)33-26(31-17)40-19-10-39-22-18(34)9-38-23(19)22/h6-8,16,18-19,22-23,34H,2-5,9-11H2,1H3,(H,29,35)(H2,30,31,32,33)/t16?,18-,19-,22-,23-/m1/s1. The molecule has 2 fully saturated rings. The minimum atomic E-state index is -0.673. The molecule has 1 amide bonds. The highest BCUT2D eigenvalue weighted by Crippen LogP contribution is 2.39. The number of aliphatic hydroxyl groups excluding tert-OH is 1. The topological polar surface area (TPSA) is 149 Å². The lowest BCUT2D eigenvalue weighted by molar-refractivity contribution is -0.124. The number of carbonyl (C=O) groups is 1. The van der Waals surface area contributed by atoms with Crippen LogP contribution in [0.5, 0.6) is 11.8 Å². The average molecular weight is 578 g/mol. The first-order valence-corrected chi connectivity index (χ1v) is 13.4. The maximum absolute atomic E-state index is 15.2. The van der Waals surface area contributed by atoms with Crippen LogP contribution in [0.15, 0.2) is 18.2 Å². The highest BCUT2D eigenvalue weighted by atomic mass is 35.5. The van der Waals surface area contributed by atoms with Crippen molar-refractivity contribution in [3.05, 3.63) is 40.2 Å². The lowest BCUT2D eigenvalue weighted by atomic mass is 10.1. The number of hydrogen-bond donors (Lipinski definition) is 4. The number of anilines is 1. The first kappa shape index (κ1) is 27.0. The number of aryl methyl sites for hydroxylation is 1. The van der Waals surface area contributed by atoms with Crippen LogP contribution in [0.1, 0.15) is 23.6 Å². The monoisotopic (exact) mass is 577 g/mol.